The van der Waals surface area contributed by atoms with E-state index in [4.69, 9.17) is 5.41 Å². The number of nitrogens with zero attached hydrogens (tertiary/aromatic N) is 3. The van der Waals surface area contributed by atoms with Gasteiger partial charge in [-0.25, -0.2) is 0 Å². The normalized spacial score (nSPS) is 16.9. The number of rotatable bonds is 12. The number of hydrogen-bond acceptors (Lipinski definition) is 8. The molecule has 0 aliphatic carbocycles. The summed E-state index contributed by atoms with van der Waals surface area (Å²) in [6, 6.07) is 18.2. The number of amides is 2. The van der Waals surface area contributed by atoms with E-state index in [9.17, 15) is 23.1 Å². The SMILES string of the molecule is CCCC(=N)c1ccc(CN2CCC(NC(=O)c3ccc(C(=O)N4CCC(C(=O)c5ccc(CS(=O)[O-])cc5)CC4)cn3)CC2)cc1. The Morgan fingerprint density at radius 1 is 0.872 bits per heavy atom. The number of benzene rings is 2. The number of Topliss-reactive ketones (excluding diaryl/α,β-unsaturated/α-hetero) is 1. The molecule has 47 heavy (non-hydrogen) atoms. The number of ketones is 1. The lowest BCUT2D eigenvalue weighted by Crippen LogP contribution is -2.44. The number of pyridine rings is 1. The lowest BCUT2D eigenvalue weighted by atomic mass is 9.88. The largest absolute Gasteiger partial charge is 0.772 e. The smallest absolute Gasteiger partial charge is 0.270 e. The second-order valence-electron chi connectivity index (χ2n) is 12.5. The van der Waals surface area contributed by atoms with E-state index in [1.807, 2.05) is 12.1 Å². The Kier molecular flexibility index (Phi) is 11.8. The minimum absolute atomic E-state index is 0.00452. The fraction of sp³-hybridized carbons (Fsp3) is 0.417. The Morgan fingerprint density at radius 3 is 2.09 bits per heavy atom. The van der Waals surface area contributed by atoms with Crippen LogP contribution in [0.1, 0.15) is 93.3 Å². The van der Waals surface area contributed by atoms with Gasteiger partial charge in [0.15, 0.2) is 5.78 Å². The molecule has 2 aliphatic rings. The zero-order valence-corrected chi connectivity index (χ0v) is 27.6. The van der Waals surface area contributed by atoms with Gasteiger partial charge in [-0.05, 0) is 60.9 Å². The monoisotopic (exact) mass is 656 g/mol. The summed E-state index contributed by atoms with van der Waals surface area (Å²) >= 11 is -2.18. The first-order valence-corrected chi connectivity index (χ1v) is 17.6. The first-order valence-electron chi connectivity index (χ1n) is 16.3. The van der Waals surface area contributed by atoms with Crippen LogP contribution in [0.2, 0.25) is 0 Å². The van der Waals surface area contributed by atoms with E-state index in [0.717, 1.165) is 50.9 Å². The van der Waals surface area contributed by atoms with Crippen molar-refractivity contribution in [2.24, 2.45) is 5.92 Å². The molecule has 2 N–H and O–H groups in total. The summed E-state index contributed by atoms with van der Waals surface area (Å²) < 4.78 is 21.8. The molecule has 2 amide bonds. The molecule has 0 bridgehead atoms. The Hall–Kier alpha value is -4.06. The van der Waals surface area contributed by atoms with Gasteiger partial charge in [-0.1, -0.05) is 73.0 Å². The summed E-state index contributed by atoms with van der Waals surface area (Å²) in [5.74, 6) is -0.704. The highest BCUT2D eigenvalue weighted by molar-refractivity contribution is 7.78. The van der Waals surface area contributed by atoms with Crippen LogP contribution in [-0.2, 0) is 23.4 Å². The molecule has 1 aromatic heterocycles. The van der Waals surface area contributed by atoms with Crippen LogP contribution >= 0.6 is 0 Å². The van der Waals surface area contributed by atoms with Gasteiger partial charge in [-0.3, -0.25) is 28.5 Å². The number of carbonyl (C=O) groups is 3. The quantitative estimate of drug-likeness (QED) is 0.162. The van der Waals surface area contributed by atoms with Gasteiger partial charge in [0.2, 0.25) is 0 Å². The van der Waals surface area contributed by atoms with Crippen LogP contribution < -0.4 is 5.32 Å². The first-order chi connectivity index (χ1) is 22.7. The van der Waals surface area contributed by atoms with Crippen LogP contribution in [0.25, 0.3) is 0 Å². The van der Waals surface area contributed by atoms with Gasteiger partial charge in [0, 0.05) is 67.9 Å². The Labute approximate surface area is 278 Å². The maximum Gasteiger partial charge on any atom is 0.270 e. The van der Waals surface area contributed by atoms with Crippen molar-refractivity contribution in [1.82, 2.24) is 20.1 Å². The van der Waals surface area contributed by atoms with Crippen LogP contribution in [0.15, 0.2) is 66.9 Å². The van der Waals surface area contributed by atoms with Gasteiger partial charge in [0.25, 0.3) is 11.8 Å². The van der Waals surface area contributed by atoms with Gasteiger partial charge < -0.3 is 20.2 Å². The Morgan fingerprint density at radius 2 is 1.49 bits per heavy atom. The van der Waals surface area contributed by atoms with E-state index in [-0.39, 0.29) is 41.0 Å². The van der Waals surface area contributed by atoms with Crippen LogP contribution in [0.3, 0.4) is 0 Å². The maximum atomic E-state index is 13.1. The molecular weight excluding hydrogens is 614 g/mol. The van der Waals surface area contributed by atoms with Crippen LogP contribution in [0.4, 0.5) is 0 Å². The molecule has 10 nitrogen and oxygen atoms in total. The van der Waals surface area contributed by atoms with Crippen molar-refractivity contribution < 1.29 is 23.1 Å². The van der Waals surface area contributed by atoms with Crippen molar-refractivity contribution >= 4 is 34.4 Å². The van der Waals surface area contributed by atoms with Crippen LogP contribution in [0, 0.1) is 11.3 Å². The molecule has 3 heterocycles. The fourth-order valence-electron chi connectivity index (χ4n) is 6.28. The minimum atomic E-state index is -2.18. The third-order valence-electron chi connectivity index (χ3n) is 9.05. The molecule has 11 heteroatoms. The second kappa shape index (κ2) is 16.2. The number of aromatic nitrogens is 1. The predicted molar refractivity (Wildman–Crippen MR) is 180 cm³/mol. The van der Waals surface area contributed by atoms with E-state index < -0.39 is 11.1 Å². The zero-order chi connectivity index (χ0) is 33.3. The third kappa shape index (κ3) is 9.27. The zero-order valence-electron chi connectivity index (χ0n) is 26.8. The molecule has 0 radical (unpaired) electrons. The summed E-state index contributed by atoms with van der Waals surface area (Å²) in [4.78, 5) is 47.4. The molecule has 0 spiro atoms. The average molecular weight is 657 g/mol. The van der Waals surface area contributed by atoms with Gasteiger partial charge in [-0.2, -0.15) is 0 Å². The molecule has 5 rings (SSSR count). The number of likely N-dealkylation sites (tertiary alicyclic amines) is 2. The number of hydrogen-bond donors (Lipinski definition) is 2. The number of carbonyl (C=O) groups excluding carboxylic acids is 3. The van der Waals surface area contributed by atoms with Crippen molar-refractivity contribution in [3.05, 3.63) is 100 Å². The molecule has 2 aliphatic heterocycles. The average Bonchev–Trinajstić information content (AvgIpc) is 3.09. The topological polar surface area (TPSA) is 147 Å². The highest BCUT2D eigenvalue weighted by Gasteiger charge is 2.29. The van der Waals surface area contributed by atoms with Gasteiger partial charge in [0.05, 0.1) is 5.56 Å². The van der Waals surface area contributed by atoms with Gasteiger partial charge in [-0.15, -0.1) is 0 Å². The van der Waals surface area contributed by atoms with E-state index in [2.05, 4.69) is 34.3 Å². The van der Waals surface area contributed by atoms with E-state index >= 15 is 0 Å². The lowest BCUT2D eigenvalue weighted by Gasteiger charge is -2.32. The predicted octanol–water partition coefficient (Wildman–Crippen LogP) is 4.76. The van der Waals surface area contributed by atoms with Crippen molar-refractivity contribution in [2.75, 3.05) is 26.2 Å². The summed E-state index contributed by atoms with van der Waals surface area (Å²) in [5.41, 5.74) is 4.74. The highest BCUT2D eigenvalue weighted by Crippen LogP contribution is 2.24. The van der Waals surface area contributed by atoms with Crippen molar-refractivity contribution in [2.45, 2.75) is 63.8 Å². The summed E-state index contributed by atoms with van der Waals surface area (Å²) in [5, 5.41) is 11.2. The summed E-state index contributed by atoms with van der Waals surface area (Å²) in [7, 11) is 0. The minimum Gasteiger partial charge on any atom is -0.772 e. The molecule has 1 atom stereocenters. The van der Waals surface area contributed by atoms with Crippen LogP contribution in [0.5, 0.6) is 0 Å². The standard InChI is InChI=1S/C36H43N5O5S/c1-2-3-32(37)27-8-4-25(5-9-27)23-40-18-16-31(17-19-40)39-35(43)33-13-12-30(22-38-33)36(44)41-20-14-29(15-21-41)34(42)28-10-6-26(7-11-28)24-47(45)46/h4-13,22,29,31,37H,2-3,14-21,23-24H2,1H3,(H,39,43)(H,45,46)/p-1. The molecule has 0 saturated carbocycles. The highest BCUT2D eigenvalue weighted by atomic mass is 32.2. The summed E-state index contributed by atoms with van der Waals surface area (Å²) in [6.07, 6.45) is 5.97. The van der Waals surface area contributed by atoms with E-state index in [1.54, 1.807) is 41.3 Å². The van der Waals surface area contributed by atoms with Crippen molar-refractivity contribution in [3.63, 3.8) is 0 Å². The Balaban J connectivity index is 1.04. The molecule has 2 fully saturated rings. The lowest BCUT2D eigenvalue weighted by molar-refractivity contribution is 0.0649. The van der Waals surface area contributed by atoms with E-state index in [1.165, 1.54) is 11.8 Å². The molecular formula is C36H42N5O5S-. The van der Waals surface area contributed by atoms with Crippen LogP contribution in [-0.4, -0.2) is 79.1 Å². The Bertz CT molecular complexity index is 1580. The maximum absolute atomic E-state index is 13.1. The van der Waals surface area contributed by atoms with Gasteiger partial charge >= 0.3 is 0 Å². The summed E-state index contributed by atoms with van der Waals surface area (Å²) in [6.45, 7) is 5.56. The first kappa shape index (κ1) is 34.3. The van der Waals surface area contributed by atoms with Crippen molar-refractivity contribution in [3.8, 4) is 0 Å². The second-order valence-corrected chi connectivity index (χ2v) is 13.4. The number of piperidine rings is 2. The number of nitrogens with one attached hydrogen (secondary N) is 2. The van der Waals surface area contributed by atoms with E-state index in [0.29, 0.717) is 48.3 Å². The third-order valence-corrected chi connectivity index (χ3v) is 9.62. The molecule has 2 saturated heterocycles. The molecule has 3 aromatic rings. The fourth-order valence-corrected chi connectivity index (χ4v) is 6.74. The molecule has 1 unspecified atom stereocenters. The molecule has 2 aromatic carbocycles. The van der Waals surface area contributed by atoms with Crippen molar-refractivity contribution in [1.29, 1.82) is 5.41 Å². The van der Waals surface area contributed by atoms with Gasteiger partial charge in [0.1, 0.15) is 5.69 Å². The molecule has 248 valence electrons.